The minimum Gasteiger partial charge on any atom is -0.462 e. The SMILES string of the molecule is CCOC(=O)c1c(N)sc(C)c1-c1ccc(F)cn1. The quantitative estimate of drug-likeness (QED) is 0.878. The number of pyridine rings is 1. The number of hydrogen-bond acceptors (Lipinski definition) is 5. The zero-order valence-corrected chi connectivity index (χ0v) is 11.4. The Morgan fingerprint density at radius 3 is 2.84 bits per heavy atom. The van der Waals surface area contributed by atoms with Crippen LogP contribution in [0.4, 0.5) is 9.39 Å². The fourth-order valence-corrected chi connectivity index (χ4v) is 2.73. The van der Waals surface area contributed by atoms with Crippen LogP contribution >= 0.6 is 11.3 Å². The van der Waals surface area contributed by atoms with Crippen LogP contribution in [-0.2, 0) is 4.74 Å². The second kappa shape index (κ2) is 5.36. The van der Waals surface area contributed by atoms with Crippen LogP contribution in [0.5, 0.6) is 0 Å². The maximum atomic E-state index is 12.9. The molecule has 2 heterocycles. The molecule has 0 saturated heterocycles. The van der Waals surface area contributed by atoms with Crippen LogP contribution in [0, 0.1) is 12.7 Å². The van der Waals surface area contributed by atoms with Gasteiger partial charge in [-0.05, 0) is 26.0 Å². The van der Waals surface area contributed by atoms with Crippen molar-refractivity contribution in [1.82, 2.24) is 4.98 Å². The summed E-state index contributed by atoms with van der Waals surface area (Å²) < 4.78 is 17.9. The summed E-state index contributed by atoms with van der Waals surface area (Å²) in [4.78, 5) is 16.8. The third-order valence-corrected chi connectivity index (χ3v) is 3.51. The number of ether oxygens (including phenoxy) is 1. The highest BCUT2D eigenvalue weighted by Gasteiger charge is 2.23. The minimum atomic E-state index is -0.481. The van der Waals surface area contributed by atoms with Crippen LogP contribution in [0.1, 0.15) is 22.2 Å². The normalized spacial score (nSPS) is 10.5. The van der Waals surface area contributed by atoms with Gasteiger partial charge in [-0.25, -0.2) is 9.18 Å². The van der Waals surface area contributed by atoms with Crippen molar-refractivity contribution >= 4 is 22.3 Å². The molecule has 0 spiro atoms. The summed E-state index contributed by atoms with van der Waals surface area (Å²) in [5.41, 5.74) is 7.29. The molecule has 0 unspecified atom stereocenters. The Morgan fingerprint density at radius 2 is 2.26 bits per heavy atom. The molecule has 0 radical (unpaired) electrons. The van der Waals surface area contributed by atoms with Gasteiger partial charge in [-0.2, -0.15) is 0 Å². The van der Waals surface area contributed by atoms with Gasteiger partial charge in [0, 0.05) is 10.4 Å². The van der Waals surface area contributed by atoms with Gasteiger partial charge in [0.25, 0.3) is 0 Å². The Morgan fingerprint density at radius 1 is 1.53 bits per heavy atom. The Hall–Kier alpha value is -1.95. The zero-order valence-electron chi connectivity index (χ0n) is 10.6. The van der Waals surface area contributed by atoms with Crippen molar-refractivity contribution in [1.29, 1.82) is 0 Å². The van der Waals surface area contributed by atoms with Crippen molar-refractivity contribution in [2.75, 3.05) is 12.3 Å². The Bertz CT molecular complexity index is 608. The molecule has 0 aliphatic carbocycles. The topological polar surface area (TPSA) is 65.2 Å². The first-order valence-electron chi connectivity index (χ1n) is 5.72. The van der Waals surface area contributed by atoms with Gasteiger partial charge in [-0.3, -0.25) is 4.98 Å². The zero-order chi connectivity index (χ0) is 14.0. The first-order valence-corrected chi connectivity index (χ1v) is 6.54. The lowest BCUT2D eigenvalue weighted by Crippen LogP contribution is -2.07. The van der Waals surface area contributed by atoms with Crippen molar-refractivity contribution < 1.29 is 13.9 Å². The molecule has 0 fully saturated rings. The van der Waals surface area contributed by atoms with Crippen molar-refractivity contribution in [3.05, 3.63) is 34.6 Å². The number of halogens is 1. The average Bonchev–Trinajstić information content (AvgIpc) is 2.65. The number of carbonyl (C=O) groups excluding carboxylic acids is 1. The molecule has 2 aromatic rings. The fraction of sp³-hybridized carbons (Fsp3) is 0.231. The second-order valence-corrected chi connectivity index (χ2v) is 5.11. The highest BCUT2D eigenvalue weighted by molar-refractivity contribution is 7.16. The summed E-state index contributed by atoms with van der Waals surface area (Å²) >= 11 is 1.29. The molecule has 0 aromatic carbocycles. The maximum Gasteiger partial charge on any atom is 0.341 e. The lowest BCUT2D eigenvalue weighted by Gasteiger charge is -2.05. The van der Waals surface area contributed by atoms with E-state index in [9.17, 15) is 9.18 Å². The largest absolute Gasteiger partial charge is 0.462 e. The number of nitrogen functional groups attached to an aromatic ring is 1. The molecule has 0 aliphatic rings. The van der Waals surface area contributed by atoms with E-state index in [-0.39, 0.29) is 6.61 Å². The lowest BCUT2D eigenvalue weighted by molar-refractivity contribution is 0.0529. The van der Waals surface area contributed by atoms with Crippen molar-refractivity contribution in [3.8, 4) is 11.3 Å². The van der Waals surface area contributed by atoms with Crippen molar-refractivity contribution in [2.45, 2.75) is 13.8 Å². The van der Waals surface area contributed by atoms with E-state index in [4.69, 9.17) is 10.5 Å². The Kier molecular flexibility index (Phi) is 3.80. The summed E-state index contributed by atoms with van der Waals surface area (Å²) in [6.07, 6.45) is 1.11. The molecule has 19 heavy (non-hydrogen) atoms. The standard InChI is InChI=1S/C13H13FN2O2S/c1-3-18-13(17)11-10(7(2)19-12(11)15)9-5-4-8(14)6-16-9/h4-6H,3,15H2,1-2H3. The van der Waals surface area contributed by atoms with Gasteiger partial charge in [-0.1, -0.05) is 0 Å². The number of esters is 1. The number of thiophene rings is 1. The fourth-order valence-electron chi connectivity index (χ4n) is 1.80. The van der Waals surface area contributed by atoms with E-state index >= 15 is 0 Å². The Labute approximate surface area is 114 Å². The predicted octanol–water partition coefficient (Wildman–Crippen LogP) is 3.02. The summed E-state index contributed by atoms with van der Waals surface area (Å²) in [5.74, 6) is -0.909. The van der Waals surface area contributed by atoms with Gasteiger partial charge in [0.05, 0.1) is 18.5 Å². The van der Waals surface area contributed by atoms with Crippen LogP contribution in [0.2, 0.25) is 0 Å². The Balaban J connectivity index is 2.56. The number of aryl methyl sites for hydroxylation is 1. The molecule has 0 saturated carbocycles. The van der Waals surface area contributed by atoms with E-state index in [1.165, 1.54) is 23.5 Å². The van der Waals surface area contributed by atoms with E-state index in [0.717, 1.165) is 11.1 Å². The van der Waals surface area contributed by atoms with Gasteiger partial charge < -0.3 is 10.5 Å². The average molecular weight is 280 g/mol. The number of aromatic nitrogens is 1. The smallest absolute Gasteiger partial charge is 0.341 e. The molecule has 2 rings (SSSR count). The molecule has 0 bridgehead atoms. The van der Waals surface area contributed by atoms with Crippen LogP contribution in [0.15, 0.2) is 18.3 Å². The van der Waals surface area contributed by atoms with Crippen LogP contribution < -0.4 is 5.73 Å². The van der Waals surface area contributed by atoms with E-state index in [1.807, 2.05) is 6.92 Å². The van der Waals surface area contributed by atoms with Crippen LogP contribution in [0.3, 0.4) is 0 Å². The minimum absolute atomic E-state index is 0.267. The van der Waals surface area contributed by atoms with Crippen molar-refractivity contribution in [2.24, 2.45) is 0 Å². The molecule has 0 amide bonds. The molecular formula is C13H13FN2O2S. The lowest BCUT2D eigenvalue weighted by atomic mass is 10.1. The number of hydrogen-bond donors (Lipinski definition) is 1. The number of anilines is 1. The number of rotatable bonds is 3. The summed E-state index contributed by atoms with van der Waals surface area (Å²) in [5, 5.41) is 0.386. The van der Waals surface area contributed by atoms with Gasteiger partial charge in [-0.15, -0.1) is 11.3 Å². The van der Waals surface area contributed by atoms with E-state index in [2.05, 4.69) is 4.98 Å². The van der Waals surface area contributed by atoms with Gasteiger partial charge in [0.2, 0.25) is 0 Å². The first kappa shape index (κ1) is 13.5. The third-order valence-electron chi connectivity index (χ3n) is 2.57. The molecule has 4 nitrogen and oxygen atoms in total. The maximum absolute atomic E-state index is 12.9. The van der Waals surface area contributed by atoms with E-state index in [1.54, 1.807) is 6.92 Å². The van der Waals surface area contributed by atoms with Gasteiger partial charge >= 0.3 is 5.97 Å². The second-order valence-electron chi connectivity index (χ2n) is 3.85. The third kappa shape index (κ3) is 2.58. The van der Waals surface area contributed by atoms with Crippen LogP contribution in [0.25, 0.3) is 11.3 Å². The number of nitrogens with zero attached hydrogens (tertiary/aromatic N) is 1. The van der Waals surface area contributed by atoms with Gasteiger partial charge in [0.1, 0.15) is 16.4 Å². The van der Waals surface area contributed by atoms with E-state index < -0.39 is 11.8 Å². The predicted molar refractivity (Wildman–Crippen MR) is 72.6 cm³/mol. The first-order chi connectivity index (χ1) is 9.04. The summed E-state index contributed by atoms with van der Waals surface area (Å²) in [6.45, 7) is 3.83. The molecule has 100 valence electrons. The summed E-state index contributed by atoms with van der Waals surface area (Å²) in [7, 11) is 0. The molecule has 2 N–H and O–H groups in total. The highest BCUT2D eigenvalue weighted by Crippen LogP contribution is 2.37. The molecule has 2 aromatic heterocycles. The molecular weight excluding hydrogens is 267 g/mol. The monoisotopic (exact) mass is 280 g/mol. The molecule has 6 heteroatoms. The van der Waals surface area contributed by atoms with Crippen molar-refractivity contribution in [3.63, 3.8) is 0 Å². The number of carbonyl (C=O) groups is 1. The highest BCUT2D eigenvalue weighted by atomic mass is 32.1. The summed E-state index contributed by atoms with van der Waals surface area (Å²) in [6, 6.07) is 2.82. The van der Waals surface area contributed by atoms with E-state index in [0.29, 0.717) is 21.8 Å². The van der Waals surface area contributed by atoms with Gasteiger partial charge in [0.15, 0.2) is 0 Å². The number of nitrogens with two attached hydrogens (primary N) is 1. The van der Waals surface area contributed by atoms with Crippen LogP contribution in [-0.4, -0.2) is 17.6 Å². The molecule has 0 aliphatic heterocycles. The molecule has 0 atom stereocenters.